The van der Waals surface area contributed by atoms with Crippen molar-refractivity contribution < 1.29 is 0 Å². The van der Waals surface area contributed by atoms with Crippen LogP contribution in [0, 0.1) is 0 Å². The topological polar surface area (TPSA) is 124 Å². The standard InChI is InChI=1S/C19H18N8O/c1-2-12-7-3-5-9-14(12)21-19-23-16(22-18(20)24-19)11-27-17(28)13-8-4-6-10-15(13)25-26-27/h3-10H,2,11H2,1H3,(H3,20,21,22,23,24). The van der Waals surface area contributed by atoms with E-state index in [1.165, 1.54) is 4.68 Å². The molecule has 140 valence electrons. The predicted molar refractivity (Wildman–Crippen MR) is 106 cm³/mol. The third kappa shape index (κ3) is 3.50. The fraction of sp³-hybridized carbons (Fsp3) is 0.158. The van der Waals surface area contributed by atoms with Gasteiger partial charge in [-0.15, -0.1) is 5.10 Å². The lowest BCUT2D eigenvalue weighted by molar-refractivity contribution is 0.581. The van der Waals surface area contributed by atoms with Crippen LogP contribution in [0.3, 0.4) is 0 Å². The van der Waals surface area contributed by atoms with Gasteiger partial charge in [-0.1, -0.05) is 42.5 Å². The number of para-hydroxylation sites is 1. The number of benzene rings is 2. The quantitative estimate of drug-likeness (QED) is 0.543. The van der Waals surface area contributed by atoms with E-state index >= 15 is 0 Å². The molecule has 4 rings (SSSR count). The van der Waals surface area contributed by atoms with Crippen LogP contribution < -0.4 is 16.6 Å². The Hall–Kier alpha value is -3.88. The minimum Gasteiger partial charge on any atom is -0.368 e. The molecule has 0 aliphatic carbocycles. The van der Waals surface area contributed by atoms with Gasteiger partial charge < -0.3 is 11.1 Å². The van der Waals surface area contributed by atoms with Crippen LogP contribution in [-0.4, -0.2) is 29.9 Å². The molecule has 0 spiro atoms. The first kappa shape index (κ1) is 17.5. The van der Waals surface area contributed by atoms with E-state index in [1.807, 2.05) is 24.3 Å². The lowest BCUT2D eigenvalue weighted by atomic mass is 10.1. The number of nitrogens with two attached hydrogens (primary N) is 1. The van der Waals surface area contributed by atoms with Crippen molar-refractivity contribution in [2.45, 2.75) is 19.9 Å². The summed E-state index contributed by atoms with van der Waals surface area (Å²) in [6, 6.07) is 14.9. The molecule has 0 saturated heterocycles. The molecule has 0 unspecified atom stereocenters. The van der Waals surface area contributed by atoms with Crippen LogP contribution in [0.1, 0.15) is 18.3 Å². The van der Waals surface area contributed by atoms with Crippen molar-refractivity contribution in [3.63, 3.8) is 0 Å². The van der Waals surface area contributed by atoms with E-state index in [9.17, 15) is 4.79 Å². The van der Waals surface area contributed by atoms with Crippen molar-refractivity contribution in [3.05, 3.63) is 70.3 Å². The molecule has 4 aromatic rings. The van der Waals surface area contributed by atoms with Crippen molar-refractivity contribution in [1.29, 1.82) is 0 Å². The minimum atomic E-state index is -0.268. The Morgan fingerprint density at radius 3 is 2.68 bits per heavy atom. The number of nitrogens with one attached hydrogen (secondary N) is 1. The van der Waals surface area contributed by atoms with E-state index in [4.69, 9.17) is 5.73 Å². The molecule has 0 amide bonds. The summed E-state index contributed by atoms with van der Waals surface area (Å²) in [5.74, 6) is 0.684. The first-order valence-electron chi connectivity index (χ1n) is 8.82. The van der Waals surface area contributed by atoms with Gasteiger partial charge in [0.2, 0.25) is 11.9 Å². The number of aryl methyl sites for hydroxylation is 1. The normalized spacial score (nSPS) is 10.9. The molecule has 28 heavy (non-hydrogen) atoms. The molecule has 0 fully saturated rings. The van der Waals surface area contributed by atoms with E-state index in [1.54, 1.807) is 24.3 Å². The lowest BCUT2D eigenvalue weighted by Gasteiger charge is -2.11. The van der Waals surface area contributed by atoms with E-state index in [0.29, 0.717) is 22.7 Å². The molecule has 0 bridgehead atoms. The predicted octanol–water partition coefficient (Wildman–Crippen LogP) is 1.91. The second-order valence-electron chi connectivity index (χ2n) is 6.14. The molecule has 0 atom stereocenters. The molecule has 0 saturated carbocycles. The van der Waals surface area contributed by atoms with Crippen LogP contribution in [0.25, 0.3) is 10.9 Å². The van der Waals surface area contributed by atoms with Gasteiger partial charge in [-0.05, 0) is 30.2 Å². The van der Waals surface area contributed by atoms with Crippen LogP contribution in [0.2, 0.25) is 0 Å². The average Bonchev–Trinajstić information content (AvgIpc) is 2.70. The van der Waals surface area contributed by atoms with Gasteiger partial charge >= 0.3 is 0 Å². The molecule has 0 radical (unpaired) electrons. The van der Waals surface area contributed by atoms with Gasteiger partial charge in [0.1, 0.15) is 12.1 Å². The van der Waals surface area contributed by atoms with Crippen molar-refractivity contribution in [2.24, 2.45) is 0 Å². The first-order valence-corrected chi connectivity index (χ1v) is 8.82. The molecular formula is C19H18N8O. The Morgan fingerprint density at radius 1 is 1.04 bits per heavy atom. The van der Waals surface area contributed by atoms with E-state index in [0.717, 1.165) is 17.7 Å². The number of hydrogen-bond donors (Lipinski definition) is 2. The number of aromatic nitrogens is 6. The van der Waals surface area contributed by atoms with Crippen LogP contribution in [0.5, 0.6) is 0 Å². The summed E-state index contributed by atoms with van der Waals surface area (Å²) in [7, 11) is 0. The highest BCUT2D eigenvalue weighted by Gasteiger charge is 2.11. The van der Waals surface area contributed by atoms with Crippen LogP contribution >= 0.6 is 0 Å². The zero-order valence-corrected chi connectivity index (χ0v) is 15.2. The zero-order chi connectivity index (χ0) is 19.5. The SMILES string of the molecule is CCc1ccccc1Nc1nc(N)nc(Cn2nnc3ccccc3c2=O)n1. The molecule has 9 heteroatoms. The molecule has 2 aromatic heterocycles. The summed E-state index contributed by atoms with van der Waals surface area (Å²) >= 11 is 0. The fourth-order valence-corrected chi connectivity index (χ4v) is 2.90. The van der Waals surface area contributed by atoms with Crippen LogP contribution in [0.15, 0.2) is 53.3 Å². The van der Waals surface area contributed by atoms with Crippen LogP contribution in [-0.2, 0) is 13.0 Å². The summed E-state index contributed by atoms with van der Waals surface area (Å²) in [5.41, 5.74) is 8.13. The van der Waals surface area contributed by atoms with E-state index in [2.05, 4.69) is 37.5 Å². The summed E-state index contributed by atoms with van der Waals surface area (Å²) in [6.45, 7) is 2.10. The summed E-state index contributed by atoms with van der Waals surface area (Å²) in [4.78, 5) is 25.3. The molecule has 2 heterocycles. The van der Waals surface area contributed by atoms with E-state index < -0.39 is 0 Å². The highest BCUT2D eigenvalue weighted by atomic mass is 16.1. The Kier molecular flexibility index (Phi) is 4.63. The second-order valence-corrected chi connectivity index (χ2v) is 6.14. The van der Waals surface area contributed by atoms with Crippen molar-refractivity contribution in [1.82, 2.24) is 29.9 Å². The largest absolute Gasteiger partial charge is 0.368 e. The van der Waals surface area contributed by atoms with Crippen molar-refractivity contribution in [3.8, 4) is 0 Å². The van der Waals surface area contributed by atoms with Gasteiger partial charge in [0, 0.05) is 5.69 Å². The van der Waals surface area contributed by atoms with Gasteiger partial charge in [0.05, 0.1) is 5.39 Å². The second kappa shape index (κ2) is 7.39. The van der Waals surface area contributed by atoms with Crippen LogP contribution in [0.4, 0.5) is 17.6 Å². The van der Waals surface area contributed by atoms with Gasteiger partial charge in [0.15, 0.2) is 5.82 Å². The maximum absolute atomic E-state index is 12.6. The highest BCUT2D eigenvalue weighted by Crippen LogP contribution is 2.19. The molecule has 3 N–H and O–H groups in total. The lowest BCUT2D eigenvalue weighted by Crippen LogP contribution is -2.26. The van der Waals surface area contributed by atoms with Gasteiger partial charge in [-0.3, -0.25) is 4.79 Å². The smallest absolute Gasteiger partial charge is 0.278 e. The summed E-state index contributed by atoms with van der Waals surface area (Å²) in [6.07, 6.45) is 0.860. The number of rotatable bonds is 5. The van der Waals surface area contributed by atoms with Gasteiger partial charge in [0.25, 0.3) is 5.56 Å². The molecule has 0 aliphatic heterocycles. The molecule has 2 aromatic carbocycles. The summed E-state index contributed by atoms with van der Waals surface area (Å²) < 4.78 is 1.21. The Morgan fingerprint density at radius 2 is 1.82 bits per heavy atom. The highest BCUT2D eigenvalue weighted by molar-refractivity contribution is 5.76. The average molecular weight is 374 g/mol. The summed E-state index contributed by atoms with van der Waals surface area (Å²) in [5, 5.41) is 11.7. The molecule has 9 nitrogen and oxygen atoms in total. The minimum absolute atomic E-state index is 0.0352. The molecule has 0 aliphatic rings. The third-order valence-electron chi connectivity index (χ3n) is 4.26. The van der Waals surface area contributed by atoms with Gasteiger partial charge in [-0.25, -0.2) is 4.68 Å². The molecular weight excluding hydrogens is 356 g/mol. The number of anilines is 3. The number of nitrogens with zero attached hydrogens (tertiary/aromatic N) is 6. The Labute approximate surface area is 160 Å². The van der Waals surface area contributed by atoms with Crippen molar-refractivity contribution >= 4 is 28.5 Å². The fourth-order valence-electron chi connectivity index (χ4n) is 2.90. The zero-order valence-electron chi connectivity index (χ0n) is 15.2. The van der Waals surface area contributed by atoms with E-state index in [-0.39, 0.29) is 18.1 Å². The number of nitrogen functional groups attached to an aromatic ring is 1. The maximum atomic E-state index is 12.6. The first-order chi connectivity index (χ1) is 13.6. The van der Waals surface area contributed by atoms with Crippen molar-refractivity contribution in [2.75, 3.05) is 11.1 Å². The van der Waals surface area contributed by atoms with Gasteiger partial charge in [-0.2, -0.15) is 15.0 Å². The number of fused-ring (bicyclic) bond motifs is 1. The third-order valence-corrected chi connectivity index (χ3v) is 4.26. The monoisotopic (exact) mass is 374 g/mol. The number of hydrogen-bond acceptors (Lipinski definition) is 8. The Bertz CT molecular complexity index is 1200. The Balaban J connectivity index is 1.66. The maximum Gasteiger partial charge on any atom is 0.278 e.